The van der Waals surface area contributed by atoms with Gasteiger partial charge in [-0.05, 0) is 48.0 Å². The maximum atomic E-state index is 12.9. The number of ether oxygens (including phenoxy) is 3. The molecule has 1 aliphatic carbocycles. The minimum Gasteiger partial charge on any atom is -0.444 e. The minimum atomic E-state index is -0.818. The quantitative estimate of drug-likeness (QED) is 0.610. The Labute approximate surface area is 191 Å². The molecule has 0 unspecified atom stereocenters. The number of amides is 2. The summed E-state index contributed by atoms with van der Waals surface area (Å²) in [5, 5.41) is 5.57. The van der Waals surface area contributed by atoms with Gasteiger partial charge in [-0.25, -0.2) is 19.7 Å². The van der Waals surface area contributed by atoms with Gasteiger partial charge < -0.3 is 35.1 Å². The fourth-order valence-corrected chi connectivity index (χ4v) is 4.34. The molecule has 1 saturated carbocycles. The number of alkyl carbamates (subject to hydrolysis) is 1. The lowest BCUT2D eigenvalue weighted by Gasteiger charge is -2.26. The molecular weight excluding hydrogens is 430 g/mol. The fraction of sp³-hybridized carbons (Fsp3) is 0.667. The number of nitrogens with zero attached hydrogens (tertiary/aromatic N) is 4. The van der Waals surface area contributed by atoms with Crippen molar-refractivity contribution in [2.75, 3.05) is 5.73 Å². The summed E-state index contributed by atoms with van der Waals surface area (Å²) in [6.07, 6.45) is 2.18. The molecule has 0 aromatic carbocycles. The summed E-state index contributed by atoms with van der Waals surface area (Å²) in [4.78, 5) is 37.6. The molecule has 4 N–H and O–H groups in total. The number of carbonyl (C=O) groups excluding carboxylic acids is 2. The zero-order chi connectivity index (χ0) is 24.1. The zero-order valence-electron chi connectivity index (χ0n) is 19.7. The Morgan fingerprint density at radius 3 is 2.64 bits per heavy atom. The number of nitrogens with one attached hydrogen (secondary N) is 2. The smallest absolute Gasteiger partial charge is 0.408 e. The highest BCUT2D eigenvalue weighted by molar-refractivity contribution is 5.85. The van der Waals surface area contributed by atoms with Crippen LogP contribution < -0.4 is 16.4 Å². The predicted molar refractivity (Wildman–Crippen MR) is 118 cm³/mol. The fourth-order valence-electron chi connectivity index (χ4n) is 4.34. The van der Waals surface area contributed by atoms with Crippen LogP contribution in [0.1, 0.15) is 54.0 Å². The van der Waals surface area contributed by atoms with Gasteiger partial charge in [-0.3, -0.25) is 4.79 Å². The Hall–Kier alpha value is -2.99. The molecule has 12 heteroatoms. The number of hydrogen-bond donors (Lipinski definition) is 3. The number of anilines is 1. The van der Waals surface area contributed by atoms with E-state index in [1.807, 2.05) is 18.4 Å². The van der Waals surface area contributed by atoms with Gasteiger partial charge in [-0.2, -0.15) is 0 Å². The molecular formula is C21H31N7O5. The van der Waals surface area contributed by atoms with Crippen molar-refractivity contribution in [3.63, 3.8) is 0 Å². The molecule has 5 atom stereocenters. The maximum Gasteiger partial charge on any atom is 0.408 e. The monoisotopic (exact) mass is 461 g/mol. The van der Waals surface area contributed by atoms with E-state index in [0.717, 1.165) is 0 Å². The van der Waals surface area contributed by atoms with E-state index in [0.29, 0.717) is 23.4 Å². The van der Waals surface area contributed by atoms with Gasteiger partial charge in [0.25, 0.3) is 0 Å². The van der Waals surface area contributed by atoms with Crippen LogP contribution in [-0.2, 0) is 19.0 Å². The molecule has 1 aliphatic heterocycles. The number of aromatic nitrogens is 4. The van der Waals surface area contributed by atoms with Crippen molar-refractivity contribution in [1.82, 2.24) is 30.2 Å². The van der Waals surface area contributed by atoms with Crippen molar-refractivity contribution in [3.05, 3.63) is 12.7 Å². The first kappa shape index (κ1) is 23.2. The molecule has 4 rings (SSSR count). The van der Waals surface area contributed by atoms with Gasteiger partial charge in [0.2, 0.25) is 5.91 Å². The van der Waals surface area contributed by atoms with E-state index in [4.69, 9.17) is 19.9 Å². The molecule has 2 aromatic heterocycles. The van der Waals surface area contributed by atoms with E-state index in [1.165, 1.54) is 6.33 Å². The van der Waals surface area contributed by atoms with E-state index in [1.54, 1.807) is 34.0 Å². The third-order valence-electron chi connectivity index (χ3n) is 5.63. The molecule has 1 saturated heterocycles. The number of carbonyl (C=O) groups is 2. The van der Waals surface area contributed by atoms with Crippen molar-refractivity contribution >= 4 is 29.0 Å². The summed E-state index contributed by atoms with van der Waals surface area (Å²) in [6.45, 7) is 10.5. The lowest BCUT2D eigenvalue weighted by molar-refractivity contribution is -0.158. The van der Waals surface area contributed by atoms with Crippen LogP contribution in [0.25, 0.3) is 11.2 Å². The highest BCUT2D eigenvalue weighted by atomic mass is 16.8. The summed E-state index contributed by atoms with van der Waals surface area (Å²) >= 11 is 0. The molecule has 0 spiro atoms. The predicted octanol–water partition coefficient (Wildman–Crippen LogP) is 1.27. The van der Waals surface area contributed by atoms with E-state index in [2.05, 4.69) is 25.6 Å². The Morgan fingerprint density at radius 2 is 1.94 bits per heavy atom. The molecule has 180 valence electrons. The summed E-state index contributed by atoms with van der Waals surface area (Å²) < 4.78 is 19.5. The first-order chi connectivity index (χ1) is 15.3. The van der Waals surface area contributed by atoms with Crippen molar-refractivity contribution in [3.8, 4) is 0 Å². The molecule has 12 nitrogen and oxygen atoms in total. The van der Waals surface area contributed by atoms with Gasteiger partial charge in [-0.1, -0.05) is 0 Å². The Morgan fingerprint density at radius 1 is 1.24 bits per heavy atom. The lowest BCUT2D eigenvalue weighted by Crippen LogP contribution is -2.51. The highest BCUT2D eigenvalue weighted by Crippen LogP contribution is 2.44. The van der Waals surface area contributed by atoms with Gasteiger partial charge in [0.05, 0.1) is 18.4 Å². The molecule has 2 fully saturated rings. The van der Waals surface area contributed by atoms with Crippen LogP contribution in [0.3, 0.4) is 0 Å². The van der Waals surface area contributed by atoms with Crippen molar-refractivity contribution in [2.24, 2.45) is 0 Å². The molecule has 2 aliphatic rings. The zero-order valence-corrected chi connectivity index (χ0v) is 19.7. The third-order valence-corrected chi connectivity index (χ3v) is 5.63. The molecule has 0 radical (unpaired) electrons. The van der Waals surface area contributed by atoms with E-state index >= 15 is 0 Å². The van der Waals surface area contributed by atoms with Crippen LogP contribution in [0.5, 0.6) is 0 Å². The normalized spacial score (nSPS) is 27.2. The van der Waals surface area contributed by atoms with Crippen LogP contribution >= 0.6 is 0 Å². The van der Waals surface area contributed by atoms with Crippen molar-refractivity contribution < 1.29 is 23.8 Å². The number of imidazole rings is 1. The second-order valence-electron chi connectivity index (χ2n) is 9.93. The van der Waals surface area contributed by atoms with Crippen LogP contribution in [0.2, 0.25) is 0 Å². The average molecular weight is 462 g/mol. The Bertz CT molecular complexity index is 1060. The summed E-state index contributed by atoms with van der Waals surface area (Å²) in [5.74, 6) is -0.869. The summed E-state index contributed by atoms with van der Waals surface area (Å²) in [5.41, 5.74) is 6.38. The van der Waals surface area contributed by atoms with Gasteiger partial charge in [0, 0.05) is 0 Å². The first-order valence-corrected chi connectivity index (χ1v) is 10.9. The van der Waals surface area contributed by atoms with Gasteiger partial charge in [0.1, 0.15) is 35.7 Å². The van der Waals surface area contributed by atoms with Crippen molar-refractivity contribution in [1.29, 1.82) is 0 Å². The largest absolute Gasteiger partial charge is 0.444 e. The van der Waals surface area contributed by atoms with Gasteiger partial charge in [-0.15, -0.1) is 0 Å². The molecule has 3 heterocycles. The number of fused-ring (bicyclic) bond motifs is 2. The number of nitrogen functional groups attached to an aromatic ring is 1. The third kappa shape index (κ3) is 4.71. The van der Waals surface area contributed by atoms with E-state index in [9.17, 15) is 9.59 Å². The molecule has 2 aromatic rings. The topological polar surface area (TPSA) is 156 Å². The van der Waals surface area contributed by atoms with Crippen LogP contribution in [-0.4, -0.2) is 67.2 Å². The standard InChI is InChI=1S/C21H31N7O5/c1-10(26-19(30)33-20(2,3)4)18(29)27-11-7-12(15-14(11)31-21(5,6)32-15)28-9-25-13-16(22)23-8-24-17(13)28/h8-12,14-15H,7H2,1-6H3,(H,26,30)(H,27,29)(H2,22,23,24)/t10-,11-,12+,14+,15-/m0/s1. The minimum absolute atomic E-state index is 0.199. The van der Waals surface area contributed by atoms with Crippen LogP contribution in [0, 0.1) is 0 Å². The lowest BCUT2D eigenvalue weighted by atomic mass is 10.2. The maximum absolute atomic E-state index is 12.9. The number of rotatable bonds is 4. The molecule has 33 heavy (non-hydrogen) atoms. The average Bonchev–Trinajstić information content (AvgIpc) is 3.32. The summed E-state index contributed by atoms with van der Waals surface area (Å²) in [7, 11) is 0. The Kier molecular flexibility index (Phi) is 5.69. The van der Waals surface area contributed by atoms with Crippen LogP contribution in [0.4, 0.5) is 10.6 Å². The first-order valence-electron chi connectivity index (χ1n) is 10.9. The van der Waals surface area contributed by atoms with E-state index < -0.39 is 23.5 Å². The second kappa shape index (κ2) is 8.10. The molecule has 0 bridgehead atoms. The number of hydrogen-bond acceptors (Lipinski definition) is 9. The Balaban J connectivity index is 1.51. The second-order valence-corrected chi connectivity index (χ2v) is 9.93. The van der Waals surface area contributed by atoms with E-state index in [-0.39, 0.29) is 30.2 Å². The van der Waals surface area contributed by atoms with Gasteiger partial charge in [0.15, 0.2) is 17.3 Å². The SMILES string of the molecule is C[C@H](NC(=O)OC(C)(C)C)C(=O)N[C@H]1C[C@@H](n2cnc3c(N)ncnc32)[C@@H]2OC(C)(C)O[C@@H]21. The van der Waals surface area contributed by atoms with Crippen LogP contribution in [0.15, 0.2) is 12.7 Å². The highest BCUT2D eigenvalue weighted by Gasteiger charge is 2.55. The summed E-state index contributed by atoms with van der Waals surface area (Å²) in [6, 6.07) is -1.35. The van der Waals surface area contributed by atoms with Gasteiger partial charge >= 0.3 is 6.09 Å². The number of nitrogens with two attached hydrogens (primary N) is 1. The molecule has 2 amide bonds. The van der Waals surface area contributed by atoms with Crippen molar-refractivity contribution in [2.45, 2.75) is 89.7 Å².